The van der Waals surface area contributed by atoms with E-state index in [2.05, 4.69) is 32.7 Å². The largest absolute Gasteiger partial charge is 0.328 e. The topological polar surface area (TPSA) is 60.0 Å². The van der Waals surface area contributed by atoms with Gasteiger partial charge >= 0.3 is 0 Å². The number of nitrogens with zero attached hydrogens (tertiary/aromatic N) is 4. The number of benzene rings is 1. The molecule has 0 atom stereocenters. The maximum Gasteiger partial charge on any atom is 0.147 e. The number of hydrogen-bond donors (Lipinski definition) is 1. The molecule has 6 heteroatoms. The third-order valence-electron chi connectivity index (χ3n) is 5.36. The van der Waals surface area contributed by atoms with Crippen LogP contribution in [0.25, 0.3) is 0 Å². The standard InChI is InChI=1S/C18H24ClN5/c1-2-24-17(21-22-18(24)13-8-14(20)9-13)11-23-7-6-15-12(10-23)4-3-5-16(15)19/h3-5,13-14H,2,6-11,20H2,1H3. The lowest BCUT2D eigenvalue weighted by molar-refractivity contribution is 0.235. The van der Waals surface area contributed by atoms with Gasteiger partial charge in [0.15, 0.2) is 0 Å². The first-order valence-electron chi connectivity index (χ1n) is 8.82. The monoisotopic (exact) mass is 345 g/mol. The molecule has 1 aliphatic heterocycles. The second kappa shape index (κ2) is 6.47. The molecule has 1 aromatic heterocycles. The fraction of sp³-hybridized carbons (Fsp3) is 0.556. The van der Waals surface area contributed by atoms with E-state index in [1.165, 1.54) is 11.1 Å². The zero-order chi connectivity index (χ0) is 16.7. The van der Waals surface area contributed by atoms with Crippen molar-refractivity contribution in [1.82, 2.24) is 19.7 Å². The minimum Gasteiger partial charge on any atom is -0.328 e. The predicted molar refractivity (Wildman–Crippen MR) is 94.9 cm³/mol. The molecule has 0 spiro atoms. The van der Waals surface area contributed by atoms with Crippen LogP contribution >= 0.6 is 11.6 Å². The maximum atomic E-state index is 6.31. The molecular formula is C18H24ClN5. The van der Waals surface area contributed by atoms with E-state index in [9.17, 15) is 0 Å². The van der Waals surface area contributed by atoms with Crippen LogP contribution in [0.5, 0.6) is 0 Å². The summed E-state index contributed by atoms with van der Waals surface area (Å²) in [5.74, 6) is 2.68. The van der Waals surface area contributed by atoms with E-state index in [0.717, 1.165) is 62.1 Å². The van der Waals surface area contributed by atoms with Gasteiger partial charge in [-0.15, -0.1) is 10.2 Å². The Morgan fingerprint density at radius 1 is 1.29 bits per heavy atom. The van der Waals surface area contributed by atoms with Gasteiger partial charge in [0.05, 0.1) is 6.54 Å². The maximum absolute atomic E-state index is 6.31. The zero-order valence-electron chi connectivity index (χ0n) is 14.1. The summed E-state index contributed by atoms with van der Waals surface area (Å²) >= 11 is 6.31. The van der Waals surface area contributed by atoms with Crippen LogP contribution in [0.2, 0.25) is 5.02 Å². The van der Waals surface area contributed by atoms with Crippen LogP contribution in [-0.4, -0.2) is 32.3 Å². The fourth-order valence-corrected chi connectivity index (χ4v) is 4.23. The van der Waals surface area contributed by atoms with Gasteiger partial charge in [-0.05, 0) is 43.4 Å². The number of rotatable bonds is 4. The molecule has 0 radical (unpaired) electrons. The van der Waals surface area contributed by atoms with Gasteiger partial charge in [-0.3, -0.25) is 4.90 Å². The minimum absolute atomic E-state index is 0.337. The van der Waals surface area contributed by atoms with Crippen LogP contribution in [0, 0.1) is 0 Å². The summed E-state index contributed by atoms with van der Waals surface area (Å²) in [6.45, 7) is 5.86. The van der Waals surface area contributed by atoms with E-state index < -0.39 is 0 Å². The van der Waals surface area contributed by atoms with Crippen molar-refractivity contribution < 1.29 is 0 Å². The first-order chi connectivity index (χ1) is 11.7. The third-order valence-corrected chi connectivity index (χ3v) is 5.72. The van der Waals surface area contributed by atoms with Crippen molar-refractivity contribution in [2.45, 2.75) is 57.8 Å². The van der Waals surface area contributed by atoms with Crippen molar-refractivity contribution in [2.75, 3.05) is 6.54 Å². The molecular weight excluding hydrogens is 322 g/mol. The Balaban J connectivity index is 1.50. The van der Waals surface area contributed by atoms with E-state index in [1.54, 1.807) is 0 Å². The number of nitrogens with two attached hydrogens (primary N) is 1. The summed E-state index contributed by atoms with van der Waals surface area (Å²) in [5, 5.41) is 9.86. The van der Waals surface area contributed by atoms with Gasteiger partial charge < -0.3 is 10.3 Å². The van der Waals surface area contributed by atoms with Crippen molar-refractivity contribution in [3.63, 3.8) is 0 Å². The summed E-state index contributed by atoms with van der Waals surface area (Å²) in [4.78, 5) is 2.44. The summed E-state index contributed by atoms with van der Waals surface area (Å²) in [6.07, 6.45) is 3.07. The van der Waals surface area contributed by atoms with E-state index in [4.69, 9.17) is 17.3 Å². The van der Waals surface area contributed by atoms with Crippen LogP contribution in [0.3, 0.4) is 0 Å². The van der Waals surface area contributed by atoms with Crippen LogP contribution in [0.1, 0.15) is 48.5 Å². The molecule has 4 rings (SSSR count). The smallest absolute Gasteiger partial charge is 0.147 e. The quantitative estimate of drug-likeness (QED) is 0.925. The molecule has 0 amide bonds. The molecule has 2 aromatic rings. The Hall–Kier alpha value is -1.43. The van der Waals surface area contributed by atoms with Crippen molar-refractivity contribution in [3.05, 3.63) is 46.0 Å². The van der Waals surface area contributed by atoms with E-state index >= 15 is 0 Å². The van der Waals surface area contributed by atoms with Crippen molar-refractivity contribution >= 4 is 11.6 Å². The highest BCUT2D eigenvalue weighted by atomic mass is 35.5. The Kier molecular flexibility index (Phi) is 4.33. The SMILES string of the molecule is CCn1c(CN2CCc3c(Cl)cccc3C2)nnc1C1CC(N)C1. The van der Waals surface area contributed by atoms with Crippen molar-refractivity contribution in [2.24, 2.45) is 5.73 Å². The molecule has 0 unspecified atom stereocenters. The van der Waals surface area contributed by atoms with Crippen LogP contribution < -0.4 is 5.73 Å². The first kappa shape index (κ1) is 16.1. The van der Waals surface area contributed by atoms with Crippen LogP contribution in [-0.2, 0) is 26.1 Å². The predicted octanol–water partition coefficient (Wildman–Crippen LogP) is 2.71. The minimum atomic E-state index is 0.337. The van der Waals surface area contributed by atoms with Gasteiger partial charge in [0, 0.05) is 36.6 Å². The molecule has 128 valence electrons. The van der Waals surface area contributed by atoms with E-state index in [0.29, 0.717) is 12.0 Å². The molecule has 2 heterocycles. The Morgan fingerprint density at radius 2 is 2.12 bits per heavy atom. The summed E-state index contributed by atoms with van der Waals surface area (Å²) < 4.78 is 2.28. The number of halogens is 1. The normalized spacial score (nSPS) is 23.8. The van der Waals surface area contributed by atoms with Crippen LogP contribution in [0.15, 0.2) is 18.2 Å². The Labute approximate surface area is 147 Å². The van der Waals surface area contributed by atoms with Gasteiger partial charge in [0.25, 0.3) is 0 Å². The van der Waals surface area contributed by atoms with Gasteiger partial charge in [0.2, 0.25) is 0 Å². The summed E-state index contributed by atoms with van der Waals surface area (Å²) in [7, 11) is 0. The average Bonchev–Trinajstić information content (AvgIpc) is 2.94. The lowest BCUT2D eigenvalue weighted by Crippen LogP contribution is -2.36. The second-order valence-electron chi connectivity index (χ2n) is 6.99. The van der Waals surface area contributed by atoms with Crippen molar-refractivity contribution in [1.29, 1.82) is 0 Å². The number of aromatic nitrogens is 3. The second-order valence-corrected chi connectivity index (χ2v) is 7.39. The average molecular weight is 346 g/mol. The van der Waals surface area contributed by atoms with Gasteiger partial charge in [-0.1, -0.05) is 23.7 Å². The number of fused-ring (bicyclic) bond motifs is 1. The molecule has 1 aliphatic carbocycles. The molecule has 0 saturated heterocycles. The highest BCUT2D eigenvalue weighted by Crippen LogP contribution is 2.35. The lowest BCUT2D eigenvalue weighted by Gasteiger charge is -2.32. The van der Waals surface area contributed by atoms with E-state index in [-0.39, 0.29) is 0 Å². The number of hydrogen-bond acceptors (Lipinski definition) is 4. The highest BCUT2D eigenvalue weighted by Gasteiger charge is 2.32. The Bertz CT molecular complexity index is 735. The highest BCUT2D eigenvalue weighted by molar-refractivity contribution is 6.31. The Morgan fingerprint density at radius 3 is 2.88 bits per heavy atom. The zero-order valence-corrected chi connectivity index (χ0v) is 14.8. The van der Waals surface area contributed by atoms with Crippen molar-refractivity contribution in [3.8, 4) is 0 Å². The molecule has 1 fully saturated rings. The van der Waals surface area contributed by atoms with Crippen LogP contribution in [0.4, 0.5) is 0 Å². The fourth-order valence-electron chi connectivity index (χ4n) is 3.94. The van der Waals surface area contributed by atoms with E-state index in [1.807, 2.05) is 12.1 Å². The summed E-state index contributed by atoms with van der Waals surface area (Å²) in [5.41, 5.74) is 8.57. The van der Waals surface area contributed by atoms with Gasteiger partial charge in [-0.2, -0.15) is 0 Å². The molecule has 2 N–H and O–H groups in total. The molecule has 1 aromatic carbocycles. The summed E-state index contributed by atoms with van der Waals surface area (Å²) in [6, 6.07) is 6.54. The molecule has 24 heavy (non-hydrogen) atoms. The first-order valence-corrected chi connectivity index (χ1v) is 9.19. The lowest BCUT2D eigenvalue weighted by atomic mass is 9.80. The molecule has 2 aliphatic rings. The third kappa shape index (κ3) is 2.85. The molecule has 0 bridgehead atoms. The van der Waals surface area contributed by atoms with Gasteiger partial charge in [0.1, 0.15) is 11.6 Å². The molecule has 5 nitrogen and oxygen atoms in total. The molecule has 1 saturated carbocycles. The van der Waals surface area contributed by atoms with Gasteiger partial charge in [-0.25, -0.2) is 0 Å².